The molecular formula is C11H16ClN. The second-order valence-corrected chi connectivity index (χ2v) is 4.27. The molecule has 1 rings (SSSR count). The zero-order valence-electron chi connectivity index (χ0n) is 8.61. The molecular weight excluding hydrogens is 182 g/mol. The molecule has 0 bridgehead atoms. The Labute approximate surface area is 85.1 Å². The lowest BCUT2D eigenvalue weighted by Crippen LogP contribution is -2.33. The Hall–Kier alpha value is -0.530. The molecule has 1 nitrogen and oxygen atoms in total. The Morgan fingerprint density at radius 3 is 2.38 bits per heavy atom. The van der Waals surface area contributed by atoms with Crippen molar-refractivity contribution in [2.75, 3.05) is 7.05 Å². The van der Waals surface area contributed by atoms with E-state index in [1.54, 1.807) is 0 Å². The first-order chi connectivity index (χ1) is 5.97. The van der Waals surface area contributed by atoms with Crippen molar-refractivity contribution >= 4 is 11.6 Å². The molecule has 0 aliphatic carbocycles. The van der Waals surface area contributed by atoms with Gasteiger partial charge in [-0.2, -0.15) is 0 Å². The van der Waals surface area contributed by atoms with Crippen LogP contribution in [-0.2, 0) is 5.54 Å². The third kappa shape index (κ3) is 2.23. The van der Waals surface area contributed by atoms with Crippen molar-refractivity contribution in [1.82, 2.24) is 5.32 Å². The predicted octanol–water partition coefficient (Wildman–Crippen LogP) is 3.10. The molecule has 0 amide bonds. The van der Waals surface area contributed by atoms with Gasteiger partial charge in [-0.15, -0.1) is 0 Å². The largest absolute Gasteiger partial charge is 0.311 e. The molecule has 0 saturated carbocycles. The minimum Gasteiger partial charge on any atom is -0.311 e. The first-order valence-corrected chi connectivity index (χ1v) is 4.80. The maximum atomic E-state index is 5.89. The summed E-state index contributed by atoms with van der Waals surface area (Å²) in [6, 6.07) is 6.01. The Balaban J connectivity index is 3.16. The number of hydrogen-bond acceptors (Lipinski definition) is 1. The van der Waals surface area contributed by atoms with Gasteiger partial charge in [-0.05, 0) is 51.1 Å². The zero-order chi connectivity index (χ0) is 10.1. The third-order valence-electron chi connectivity index (χ3n) is 2.49. The van der Waals surface area contributed by atoms with Gasteiger partial charge in [0.25, 0.3) is 0 Å². The summed E-state index contributed by atoms with van der Waals surface area (Å²) in [6.45, 7) is 6.40. The van der Waals surface area contributed by atoms with Crippen LogP contribution in [0, 0.1) is 6.92 Å². The van der Waals surface area contributed by atoms with Crippen molar-refractivity contribution in [2.45, 2.75) is 26.3 Å². The molecule has 0 radical (unpaired) electrons. The fourth-order valence-corrected chi connectivity index (χ4v) is 1.69. The second-order valence-electron chi connectivity index (χ2n) is 3.83. The van der Waals surface area contributed by atoms with E-state index < -0.39 is 0 Å². The van der Waals surface area contributed by atoms with Gasteiger partial charge in [0.1, 0.15) is 0 Å². The van der Waals surface area contributed by atoms with E-state index >= 15 is 0 Å². The Kier molecular flexibility index (Phi) is 2.99. The Bertz CT molecular complexity index is 305. The standard InChI is InChI=1S/C11H16ClN/c1-8-7-9(12)5-6-10(8)11(2,3)13-4/h5-7,13H,1-4H3. The molecule has 0 aromatic heterocycles. The molecule has 72 valence electrons. The van der Waals surface area contributed by atoms with E-state index in [1.165, 1.54) is 11.1 Å². The molecule has 0 spiro atoms. The molecule has 0 fully saturated rings. The monoisotopic (exact) mass is 197 g/mol. The Morgan fingerprint density at radius 1 is 1.31 bits per heavy atom. The van der Waals surface area contributed by atoms with Crippen molar-refractivity contribution < 1.29 is 0 Å². The Morgan fingerprint density at radius 2 is 1.92 bits per heavy atom. The summed E-state index contributed by atoms with van der Waals surface area (Å²) in [5.74, 6) is 0. The molecule has 0 aliphatic heterocycles. The van der Waals surface area contributed by atoms with E-state index in [4.69, 9.17) is 11.6 Å². The number of halogens is 1. The molecule has 0 atom stereocenters. The van der Waals surface area contributed by atoms with Crippen LogP contribution in [0.1, 0.15) is 25.0 Å². The highest BCUT2D eigenvalue weighted by Gasteiger charge is 2.19. The number of hydrogen-bond donors (Lipinski definition) is 1. The van der Waals surface area contributed by atoms with Crippen LogP contribution < -0.4 is 5.32 Å². The van der Waals surface area contributed by atoms with E-state index in [0.717, 1.165) is 5.02 Å². The SMILES string of the molecule is CNC(C)(C)c1ccc(Cl)cc1C. The van der Waals surface area contributed by atoms with Gasteiger partial charge in [0.05, 0.1) is 0 Å². The maximum absolute atomic E-state index is 5.89. The van der Waals surface area contributed by atoms with Crippen LogP contribution in [0.4, 0.5) is 0 Å². The first kappa shape index (κ1) is 10.6. The summed E-state index contributed by atoms with van der Waals surface area (Å²) < 4.78 is 0. The van der Waals surface area contributed by atoms with Gasteiger partial charge in [0.2, 0.25) is 0 Å². The molecule has 0 aliphatic rings. The van der Waals surface area contributed by atoms with Crippen molar-refractivity contribution in [2.24, 2.45) is 0 Å². The van der Waals surface area contributed by atoms with Crippen LogP contribution in [-0.4, -0.2) is 7.05 Å². The third-order valence-corrected chi connectivity index (χ3v) is 2.72. The highest BCUT2D eigenvalue weighted by atomic mass is 35.5. The highest BCUT2D eigenvalue weighted by molar-refractivity contribution is 6.30. The topological polar surface area (TPSA) is 12.0 Å². The van der Waals surface area contributed by atoms with Gasteiger partial charge in [0, 0.05) is 10.6 Å². The smallest absolute Gasteiger partial charge is 0.0408 e. The van der Waals surface area contributed by atoms with Gasteiger partial charge < -0.3 is 5.32 Å². The van der Waals surface area contributed by atoms with Crippen molar-refractivity contribution in [3.05, 3.63) is 34.3 Å². The summed E-state index contributed by atoms with van der Waals surface area (Å²) >= 11 is 5.89. The van der Waals surface area contributed by atoms with Crippen LogP contribution in [0.25, 0.3) is 0 Å². The predicted molar refractivity (Wildman–Crippen MR) is 58.3 cm³/mol. The highest BCUT2D eigenvalue weighted by Crippen LogP contribution is 2.25. The molecule has 1 N–H and O–H groups in total. The van der Waals surface area contributed by atoms with Crippen molar-refractivity contribution in [1.29, 1.82) is 0 Å². The van der Waals surface area contributed by atoms with E-state index in [-0.39, 0.29) is 5.54 Å². The minimum absolute atomic E-state index is 0.00860. The normalized spacial score (nSPS) is 11.8. The first-order valence-electron chi connectivity index (χ1n) is 4.43. The van der Waals surface area contributed by atoms with Crippen molar-refractivity contribution in [3.8, 4) is 0 Å². The second kappa shape index (κ2) is 3.69. The van der Waals surface area contributed by atoms with E-state index in [0.29, 0.717) is 0 Å². The summed E-state index contributed by atoms with van der Waals surface area (Å²) in [6.07, 6.45) is 0. The number of benzene rings is 1. The summed E-state index contributed by atoms with van der Waals surface area (Å²) in [7, 11) is 1.97. The van der Waals surface area contributed by atoms with E-state index in [9.17, 15) is 0 Å². The van der Waals surface area contributed by atoms with Crippen molar-refractivity contribution in [3.63, 3.8) is 0 Å². The fourth-order valence-electron chi connectivity index (χ4n) is 1.46. The van der Waals surface area contributed by atoms with Gasteiger partial charge in [0.15, 0.2) is 0 Å². The summed E-state index contributed by atoms with van der Waals surface area (Å²) in [5.41, 5.74) is 2.53. The van der Waals surface area contributed by atoms with Crippen LogP contribution in [0.5, 0.6) is 0 Å². The summed E-state index contributed by atoms with van der Waals surface area (Å²) in [5, 5.41) is 4.07. The molecule has 1 aromatic carbocycles. The molecule has 0 saturated heterocycles. The minimum atomic E-state index is 0.00860. The van der Waals surface area contributed by atoms with E-state index in [2.05, 4.69) is 32.2 Å². The summed E-state index contributed by atoms with van der Waals surface area (Å²) in [4.78, 5) is 0. The quantitative estimate of drug-likeness (QED) is 0.769. The molecule has 1 aromatic rings. The number of nitrogens with one attached hydrogen (secondary N) is 1. The molecule has 13 heavy (non-hydrogen) atoms. The van der Waals surface area contributed by atoms with Crippen LogP contribution >= 0.6 is 11.6 Å². The van der Waals surface area contributed by atoms with Gasteiger partial charge in [-0.25, -0.2) is 0 Å². The van der Waals surface area contributed by atoms with Gasteiger partial charge in [-0.1, -0.05) is 17.7 Å². The lowest BCUT2D eigenvalue weighted by Gasteiger charge is -2.26. The van der Waals surface area contributed by atoms with Crippen LogP contribution in [0.15, 0.2) is 18.2 Å². The zero-order valence-corrected chi connectivity index (χ0v) is 9.37. The lowest BCUT2D eigenvalue weighted by atomic mass is 9.91. The van der Waals surface area contributed by atoms with Gasteiger partial charge in [-0.3, -0.25) is 0 Å². The maximum Gasteiger partial charge on any atom is 0.0408 e. The average Bonchev–Trinajstić information content (AvgIpc) is 2.03. The van der Waals surface area contributed by atoms with Crippen LogP contribution in [0.3, 0.4) is 0 Å². The molecule has 0 heterocycles. The molecule has 0 unspecified atom stereocenters. The molecule has 2 heteroatoms. The lowest BCUT2D eigenvalue weighted by molar-refractivity contribution is 0.442. The fraction of sp³-hybridized carbons (Fsp3) is 0.455. The van der Waals surface area contributed by atoms with Gasteiger partial charge >= 0.3 is 0 Å². The number of rotatable bonds is 2. The van der Waals surface area contributed by atoms with E-state index in [1.807, 2.05) is 19.2 Å². The number of aryl methyl sites for hydroxylation is 1. The van der Waals surface area contributed by atoms with Crippen LogP contribution in [0.2, 0.25) is 5.02 Å². The average molecular weight is 198 g/mol.